The molecule has 0 amide bonds. The van der Waals surface area contributed by atoms with E-state index in [0.717, 1.165) is 5.57 Å². The molecule has 2 rings (SSSR count). The fourth-order valence-electron chi connectivity index (χ4n) is 3.48. The van der Waals surface area contributed by atoms with Gasteiger partial charge in [-0.2, -0.15) is 0 Å². The van der Waals surface area contributed by atoms with E-state index in [1.54, 1.807) is 6.08 Å². The maximum absolute atomic E-state index is 11.3. The molecule has 0 fully saturated rings. The molecule has 0 spiro atoms. The number of aliphatic hydroxyl groups is 1. The summed E-state index contributed by atoms with van der Waals surface area (Å²) < 4.78 is 0. The number of hydrogen-bond acceptors (Lipinski definition) is 4. The molecule has 0 bridgehead atoms. The Balaban J connectivity index is 2.47. The summed E-state index contributed by atoms with van der Waals surface area (Å²) in [7, 11) is 0. The van der Waals surface area contributed by atoms with Gasteiger partial charge in [0.05, 0.1) is 6.10 Å². The third-order valence-corrected chi connectivity index (χ3v) is 4.92. The summed E-state index contributed by atoms with van der Waals surface area (Å²) in [4.78, 5) is 11.3. The quantitative estimate of drug-likeness (QED) is 0.591. The van der Waals surface area contributed by atoms with Crippen molar-refractivity contribution in [2.75, 3.05) is 0 Å². The predicted molar refractivity (Wildman–Crippen MR) is 95.8 cm³/mol. The van der Waals surface area contributed by atoms with Crippen molar-refractivity contribution in [2.45, 2.75) is 51.6 Å². The van der Waals surface area contributed by atoms with Crippen LogP contribution < -0.4 is 0 Å². The fraction of sp³-hybridized carbons (Fsp3) is 0.450. The standard InChI is InChI=1S/C20H26O5/c1-4-14(21)7-12-8-17(22)19(18(23)9-12)16-10-13(20(24)25)5-6-15(16)11(2)3/h8-10,14-16,21-23H,2,4-7H2,1,3H3,(H,24,25)/t14?,15-,16?/m0/s1. The number of aromatic hydroxyl groups is 2. The van der Waals surface area contributed by atoms with Gasteiger partial charge in [0.1, 0.15) is 11.5 Å². The van der Waals surface area contributed by atoms with Crippen LogP contribution in [-0.2, 0) is 11.2 Å². The van der Waals surface area contributed by atoms with Gasteiger partial charge in [-0.05, 0) is 56.2 Å². The van der Waals surface area contributed by atoms with Crippen LogP contribution in [0, 0.1) is 5.92 Å². The summed E-state index contributed by atoms with van der Waals surface area (Å²) in [5.41, 5.74) is 2.13. The number of carbonyl (C=O) groups is 1. The van der Waals surface area contributed by atoms with Gasteiger partial charge in [0.25, 0.3) is 0 Å². The Kier molecular flexibility index (Phi) is 5.90. The Morgan fingerprint density at radius 1 is 1.32 bits per heavy atom. The highest BCUT2D eigenvalue weighted by atomic mass is 16.4. The van der Waals surface area contributed by atoms with Crippen LogP contribution in [0.5, 0.6) is 11.5 Å². The molecule has 4 N–H and O–H groups in total. The predicted octanol–water partition coefficient (Wildman–Crippen LogP) is 3.49. The first-order valence-electron chi connectivity index (χ1n) is 8.56. The first-order chi connectivity index (χ1) is 11.7. The highest BCUT2D eigenvalue weighted by Gasteiger charge is 2.32. The van der Waals surface area contributed by atoms with Gasteiger partial charge in [-0.3, -0.25) is 0 Å². The van der Waals surface area contributed by atoms with Crippen molar-refractivity contribution in [1.82, 2.24) is 0 Å². The molecule has 0 aromatic heterocycles. The van der Waals surface area contributed by atoms with Crippen molar-refractivity contribution < 1.29 is 25.2 Å². The molecular formula is C20H26O5. The molecule has 0 saturated heterocycles. The monoisotopic (exact) mass is 346 g/mol. The molecule has 1 aromatic rings. The van der Waals surface area contributed by atoms with Crippen LogP contribution in [0.2, 0.25) is 0 Å². The van der Waals surface area contributed by atoms with E-state index in [-0.39, 0.29) is 23.0 Å². The molecule has 25 heavy (non-hydrogen) atoms. The first-order valence-corrected chi connectivity index (χ1v) is 8.56. The third-order valence-electron chi connectivity index (χ3n) is 4.92. The Bertz CT molecular complexity index is 681. The second kappa shape index (κ2) is 7.74. The van der Waals surface area contributed by atoms with Crippen molar-refractivity contribution in [1.29, 1.82) is 0 Å². The smallest absolute Gasteiger partial charge is 0.331 e. The second-order valence-corrected chi connectivity index (χ2v) is 6.83. The number of phenolic OH excluding ortho intramolecular Hbond substituents is 2. The maximum Gasteiger partial charge on any atom is 0.331 e. The van der Waals surface area contributed by atoms with E-state index in [1.807, 2.05) is 13.8 Å². The highest BCUT2D eigenvalue weighted by Crippen LogP contribution is 2.46. The maximum atomic E-state index is 11.3. The molecule has 5 heteroatoms. The van der Waals surface area contributed by atoms with E-state index in [1.165, 1.54) is 12.1 Å². The average molecular weight is 346 g/mol. The number of phenols is 2. The lowest BCUT2D eigenvalue weighted by molar-refractivity contribution is -0.133. The second-order valence-electron chi connectivity index (χ2n) is 6.83. The van der Waals surface area contributed by atoms with Gasteiger partial charge in [-0.15, -0.1) is 0 Å². The van der Waals surface area contributed by atoms with Crippen LogP contribution in [0.4, 0.5) is 0 Å². The lowest BCUT2D eigenvalue weighted by Gasteiger charge is -2.31. The molecule has 0 radical (unpaired) electrons. The van der Waals surface area contributed by atoms with Gasteiger partial charge in [-0.1, -0.05) is 25.2 Å². The lowest BCUT2D eigenvalue weighted by atomic mass is 9.73. The molecule has 1 aromatic carbocycles. The largest absolute Gasteiger partial charge is 0.507 e. The van der Waals surface area contributed by atoms with Gasteiger partial charge in [-0.25, -0.2) is 4.79 Å². The van der Waals surface area contributed by atoms with E-state index in [4.69, 9.17) is 0 Å². The van der Waals surface area contributed by atoms with Crippen molar-refractivity contribution >= 4 is 5.97 Å². The SMILES string of the molecule is C=C(C)[C@@H]1CCC(C(=O)O)=CC1c1c(O)cc(CC(O)CC)cc1O. The molecule has 0 heterocycles. The van der Waals surface area contributed by atoms with E-state index >= 15 is 0 Å². The number of aliphatic carboxylic acids is 1. The van der Waals surface area contributed by atoms with Gasteiger partial charge in [0.15, 0.2) is 0 Å². The minimum absolute atomic E-state index is 0.0491. The molecule has 0 saturated carbocycles. The van der Waals surface area contributed by atoms with Crippen molar-refractivity contribution in [3.05, 3.63) is 47.1 Å². The summed E-state index contributed by atoms with van der Waals surface area (Å²) in [5.74, 6) is -1.64. The van der Waals surface area contributed by atoms with Crippen LogP contribution in [0.25, 0.3) is 0 Å². The molecular weight excluding hydrogens is 320 g/mol. The molecule has 3 atom stereocenters. The normalized spacial score (nSPS) is 21.5. The highest BCUT2D eigenvalue weighted by molar-refractivity contribution is 5.87. The molecule has 0 aliphatic heterocycles. The fourth-order valence-corrected chi connectivity index (χ4v) is 3.48. The summed E-state index contributed by atoms with van der Waals surface area (Å²) in [6.07, 6.45) is 3.03. The van der Waals surface area contributed by atoms with Crippen LogP contribution in [0.15, 0.2) is 35.9 Å². The van der Waals surface area contributed by atoms with Gasteiger partial charge < -0.3 is 20.4 Å². The average Bonchev–Trinajstić information content (AvgIpc) is 2.53. The zero-order valence-corrected chi connectivity index (χ0v) is 14.7. The van der Waals surface area contributed by atoms with E-state index in [9.17, 15) is 25.2 Å². The lowest BCUT2D eigenvalue weighted by Crippen LogP contribution is -2.20. The van der Waals surface area contributed by atoms with Crippen molar-refractivity contribution in [3.8, 4) is 11.5 Å². The van der Waals surface area contributed by atoms with Crippen molar-refractivity contribution in [3.63, 3.8) is 0 Å². The Morgan fingerprint density at radius 2 is 1.92 bits per heavy atom. The van der Waals surface area contributed by atoms with E-state index in [0.29, 0.717) is 36.8 Å². The Morgan fingerprint density at radius 3 is 2.40 bits per heavy atom. The number of rotatable bonds is 6. The number of carboxylic acids is 1. The minimum atomic E-state index is -0.980. The molecule has 1 aliphatic rings. The summed E-state index contributed by atoms with van der Waals surface area (Å²) >= 11 is 0. The Labute approximate surface area is 147 Å². The summed E-state index contributed by atoms with van der Waals surface area (Å²) in [5, 5.41) is 40.0. The number of hydrogen-bond donors (Lipinski definition) is 4. The van der Waals surface area contributed by atoms with E-state index < -0.39 is 18.0 Å². The van der Waals surface area contributed by atoms with Gasteiger partial charge in [0, 0.05) is 17.1 Å². The van der Waals surface area contributed by atoms with Crippen LogP contribution in [-0.4, -0.2) is 32.5 Å². The zero-order chi connectivity index (χ0) is 18.7. The molecule has 1 aliphatic carbocycles. The van der Waals surface area contributed by atoms with E-state index in [2.05, 4.69) is 6.58 Å². The molecule has 2 unspecified atom stereocenters. The molecule has 5 nitrogen and oxygen atoms in total. The van der Waals surface area contributed by atoms with Gasteiger partial charge in [0.2, 0.25) is 0 Å². The minimum Gasteiger partial charge on any atom is -0.507 e. The first kappa shape index (κ1) is 19.1. The summed E-state index contributed by atoms with van der Waals surface area (Å²) in [6, 6.07) is 3.07. The van der Waals surface area contributed by atoms with Crippen LogP contribution in [0.3, 0.4) is 0 Å². The number of carboxylic acid groups (broad SMARTS) is 1. The number of benzene rings is 1. The number of allylic oxidation sites excluding steroid dienone is 2. The van der Waals surface area contributed by atoms with Gasteiger partial charge >= 0.3 is 5.97 Å². The molecule has 136 valence electrons. The number of aliphatic hydroxyl groups excluding tert-OH is 1. The van der Waals surface area contributed by atoms with Crippen molar-refractivity contribution in [2.24, 2.45) is 5.92 Å². The summed E-state index contributed by atoms with van der Waals surface area (Å²) in [6.45, 7) is 7.71. The zero-order valence-electron chi connectivity index (χ0n) is 14.7. The third kappa shape index (κ3) is 4.23. The van der Waals surface area contributed by atoms with Crippen LogP contribution >= 0.6 is 0 Å². The Hall–Kier alpha value is -2.27. The topological polar surface area (TPSA) is 98.0 Å². The van der Waals surface area contributed by atoms with Crippen LogP contribution in [0.1, 0.15) is 50.2 Å².